The van der Waals surface area contributed by atoms with Crippen LogP contribution in [0, 0.1) is 6.92 Å². The van der Waals surface area contributed by atoms with Gasteiger partial charge in [0, 0.05) is 34.9 Å². The summed E-state index contributed by atoms with van der Waals surface area (Å²) in [6.45, 7) is 2.71. The van der Waals surface area contributed by atoms with E-state index in [4.69, 9.17) is 11.6 Å². The molecule has 3 aromatic rings. The van der Waals surface area contributed by atoms with Gasteiger partial charge >= 0.3 is 0 Å². The summed E-state index contributed by atoms with van der Waals surface area (Å²) in [4.78, 5) is 29.3. The van der Waals surface area contributed by atoms with Crippen LogP contribution in [0.4, 0.5) is 11.4 Å². The average Bonchev–Trinajstić information content (AvgIpc) is 3.27. The van der Waals surface area contributed by atoms with Gasteiger partial charge < -0.3 is 15.2 Å². The standard InChI is InChI=1S/C21H19ClN4O2/c1-13-10-16(24-20(27)14-4-2-5-15(22)11-14)7-8-17(13)25-21(28)18-12-23-19-6-3-9-26(18)19/h2,4-5,7-8,10-12H,3,6,9H2,1H3,(H,24,27)(H,25,28). The smallest absolute Gasteiger partial charge is 0.273 e. The van der Waals surface area contributed by atoms with Crippen molar-refractivity contribution in [3.63, 3.8) is 0 Å². The Balaban J connectivity index is 1.47. The summed E-state index contributed by atoms with van der Waals surface area (Å²) in [5.41, 5.74) is 3.24. The van der Waals surface area contributed by atoms with Gasteiger partial charge in [0.05, 0.1) is 6.20 Å². The van der Waals surface area contributed by atoms with Crippen molar-refractivity contribution in [2.24, 2.45) is 0 Å². The number of rotatable bonds is 4. The maximum atomic E-state index is 12.6. The molecule has 0 unspecified atom stereocenters. The second-order valence-corrected chi connectivity index (χ2v) is 7.20. The first-order valence-corrected chi connectivity index (χ1v) is 9.42. The Bertz CT molecular complexity index is 1070. The molecule has 0 saturated heterocycles. The van der Waals surface area contributed by atoms with Crippen molar-refractivity contribution in [3.05, 3.63) is 76.3 Å². The van der Waals surface area contributed by atoms with Crippen molar-refractivity contribution < 1.29 is 9.59 Å². The van der Waals surface area contributed by atoms with E-state index in [1.54, 1.807) is 42.6 Å². The minimum Gasteiger partial charge on any atom is -0.324 e. The van der Waals surface area contributed by atoms with Crippen LogP contribution in [0.5, 0.6) is 0 Å². The van der Waals surface area contributed by atoms with E-state index in [2.05, 4.69) is 15.6 Å². The van der Waals surface area contributed by atoms with Gasteiger partial charge in [0.2, 0.25) is 0 Å². The quantitative estimate of drug-likeness (QED) is 0.692. The van der Waals surface area contributed by atoms with Gasteiger partial charge in [0.1, 0.15) is 11.5 Å². The van der Waals surface area contributed by atoms with Gasteiger partial charge in [-0.15, -0.1) is 0 Å². The lowest BCUT2D eigenvalue weighted by Gasteiger charge is -2.12. The van der Waals surface area contributed by atoms with Crippen LogP contribution in [0.1, 0.15) is 38.7 Å². The number of aromatic nitrogens is 2. The molecular weight excluding hydrogens is 376 g/mol. The highest BCUT2D eigenvalue weighted by Crippen LogP contribution is 2.23. The Morgan fingerprint density at radius 1 is 1.11 bits per heavy atom. The molecule has 142 valence electrons. The molecular formula is C21H19ClN4O2. The van der Waals surface area contributed by atoms with Gasteiger partial charge in [-0.25, -0.2) is 4.98 Å². The second-order valence-electron chi connectivity index (χ2n) is 6.76. The van der Waals surface area contributed by atoms with E-state index in [0.717, 1.165) is 30.8 Å². The summed E-state index contributed by atoms with van der Waals surface area (Å²) in [6, 6.07) is 12.1. The maximum absolute atomic E-state index is 12.6. The molecule has 1 aliphatic rings. The van der Waals surface area contributed by atoms with Crippen LogP contribution in [-0.2, 0) is 13.0 Å². The molecule has 28 heavy (non-hydrogen) atoms. The van der Waals surface area contributed by atoms with Gasteiger partial charge in [-0.3, -0.25) is 9.59 Å². The van der Waals surface area contributed by atoms with E-state index in [1.807, 2.05) is 17.6 Å². The minimum atomic E-state index is -0.242. The van der Waals surface area contributed by atoms with E-state index in [-0.39, 0.29) is 11.8 Å². The Morgan fingerprint density at radius 3 is 2.75 bits per heavy atom. The fourth-order valence-electron chi connectivity index (χ4n) is 3.34. The van der Waals surface area contributed by atoms with Gasteiger partial charge in [-0.05, 0) is 55.3 Å². The zero-order chi connectivity index (χ0) is 19.7. The largest absolute Gasteiger partial charge is 0.324 e. The van der Waals surface area contributed by atoms with Gasteiger partial charge in [-0.2, -0.15) is 0 Å². The van der Waals surface area contributed by atoms with E-state index >= 15 is 0 Å². The molecule has 0 radical (unpaired) electrons. The number of hydrogen-bond donors (Lipinski definition) is 2. The van der Waals surface area contributed by atoms with Gasteiger partial charge in [0.15, 0.2) is 0 Å². The molecule has 0 atom stereocenters. The molecule has 6 nitrogen and oxygen atoms in total. The summed E-state index contributed by atoms with van der Waals surface area (Å²) < 4.78 is 1.96. The third-order valence-corrected chi connectivity index (χ3v) is 5.01. The number of aryl methyl sites for hydroxylation is 2. The van der Waals surface area contributed by atoms with Crippen LogP contribution >= 0.6 is 11.6 Å². The van der Waals surface area contributed by atoms with Crippen molar-refractivity contribution >= 4 is 34.8 Å². The first-order valence-electron chi connectivity index (χ1n) is 9.04. The van der Waals surface area contributed by atoms with Crippen molar-refractivity contribution in [2.45, 2.75) is 26.3 Å². The summed E-state index contributed by atoms with van der Waals surface area (Å²) in [7, 11) is 0. The molecule has 0 saturated carbocycles. The molecule has 4 rings (SSSR count). The van der Waals surface area contributed by atoms with Gasteiger partial charge in [0.25, 0.3) is 11.8 Å². The van der Waals surface area contributed by atoms with E-state index in [0.29, 0.717) is 27.7 Å². The lowest BCUT2D eigenvalue weighted by Crippen LogP contribution is -2.17. The Morgan fingerprint density at radius 2 is 1.96 bits per heavy atom. The van der Waals surface area contributed by atoms with Crippen molar-refractivity contribution in [1.82, 2.24) is 9.55 Å². The van der Waals surface area contributed by atoms with Crippen LogP contribution in [0.15, 0.2) is 48.7 Å². The number of nitrogens with one attached hydrogen (secondary N) is 2. The molecule has 2 N–H and O–H groups in total. The number of carbonyl (C=O) groups excluding carboxylic acids is 2. The van der Waals surface area contributed by atoms with Crippen LogP contribution < -0.4 is 10.6 Å². The highest BCUT2D eigenvalue weighted by Gasteiger charge is 2.20. The number of carbonyl (C=O) groups is 2. The summed E-state index contributed by atoms with van der Waals surface area (Å²) >= 11 is 5.94. The van der Waals surface area contributed by atoms with Crippen LogP contribution in [0.3, 0.4) is 0 Å². The van der Waals surface area contributed by atoms with Crippen LogP contribution in [-0.4, -0.2) is 21.4 Å². The minimum absolute atomic E-state index is 0.181. The Hall–Kier alpha value is -3.12. The zero-order valence-corrected chi connectivity index (χ0v) is 16.1. The molecule has 2 amide bonds. The molecule has 2 heterocycles. The number of hydrogen-bond acceptors (Lipinski definition) is 3. The third-order valence-electron chi connectivity index (χ3n) is 4.77. The first kappa shape index (κ1) is 18.3. The van der Waals surface area contributed by atoms with E-state index in [9.17, 15) is 9.59 Å². The lowest BCUT2D eigenvalue weighted by molar-refractivity contribution is 0.101. The highest BCUT2D eigenvalue weighted by molar-refractivity contribution is 6.31. The Labute approximate surface area is 167 Å². The molecule has 7 heteroatoms. The third kappa shape index (κ3) is 3.64. The lowest BCUT2D eigenvalue weighted by atomic mass is 10.1. The zero-order valence-electron chi connectivity index (χ0n) is 15.3. The molecule has 1 aromatic heterocycles. The SMILES string of the molecule is Cc1cc(NC(=O)c2cccc(Cl)c2)ccc1NC(=O)c1cnc2n1CCC2. The number of amides is 2. The molecule has 0 aliphatic carbocycles. The summed E-state index contributed by atoms with van der Waals surface area (Å²) in [5.74, 6) is 0.536. The van der Waals surface area contributed by atoms with Crippen molar-refractivity contribution in [1.29, 1.82) is 0 Å². The maximum Gasteiger partial charge on any atom is 0.273 e. The normalized spacial score (nSPS) is 12.5. The Kier molecular flexibility index (Phi) is 4.88. The van der Waals surface area contributed by atoms with E-state index < -0.39 is 0 Å². The number of anilines is 2. The summed E-state index contributed by atoms with van der Waals surface area (Å²) in [5, 5.41) is 6.28. The number of fused-ring (bicyclic) bond motifs is 1. The number of nitrogens with zero attached hydrogens (tertiary/aromatic N) is 2. The molecule has 0 fully saturated rings. The number of benzene rings is 2. The van der Waals surface area contributed by atoms with E-state index in [1.165, 1.54) is 0 Å². The fraction of sp³-hybridized carbons (Fsp3) is 0.190. The fourth-order valence-corrected chi connectivity index (χ4v) is 3.53. The van der Waals surface area contributed by atoms with Crippen LogP contribution in [0.25, 0.3) is 0 Å². The predicted octanol–water partition coefficient (Wildman–Crippen LogP) is 4.30. The molecule has 1 aliphatic heterocycles. The number of halogens is 1. The van der Waals surface area contributed by atoms with Crippen LogP contribution in [0.2, 0.25) is 5.02 Å². The topological polar surface area (TPSA) is 76.0 Å². The molecule has 2 aromatic carbocycles. The molecule has 0 bridgehead atoms. The van der Waals surface area contributed by atoms with Crippen molar-refractivity contribution in [2.75, 3.05) is 10.6 Å². The second kappa shape index (κ2) is 7.48. The predicted molar refractivity (Wildman–Crippen MR) is 109 cm³/mol. The van der Waals surface area contributed by atoms with Crippen molar-refractivity contribution in [3.8, 4) is 0 Å². The summed E-state index contributed by atoms with van der Waals surface area (Å²) in [6.07, 6.45) is 3.55. The highest BCUT2D eigenvalue weighted by atomic mass is 35.5. The van der Waals surface area contributed by atoms with Gasteiger partial charge in [-0.1, -0.05) is 17.7 Å². The first-order chi connectivity index (χ1) is 13.5. The molecule has 0 spiro atoms. The average molecular weight is 395 g/mol. The number of imidazole rings is 1. The monoisotopic (exact) mass is 394 g/mol.